The Morgan fingerprint density at radius 2 is 2.12 bits per heavy atom. The number of nitrogens with zero attached hydrogens (tertiary/aromatic N) is 1. The van der Waals surface area contributed by atoms with Crippen molar-refractivity contribution in [1.82, 2.24) is 0 Å². The summed E-state index contributed by atoms with van der Waals surface area (Å²) in [5, 5.41) is 20.9. The highest BCUT2D eigenvalue weighted by atomic mass is 16.6. The van der Waals surface area contributed by atoms with Crippen LogP contribution in [0.25, 0.3) is 0 Å². The van der Waals surface area contributed by atoms with Gasteiger partial charge in [-0.1, -0.05) is 6.07 Å². The van der Waals surface area contributed by atoms with Crippen LogP contribution in [-0.4, -0.2) is 10.0 Å². The molecule has 0 bridgehead atoms. The minimum atomic E-state index is -0.500. The topological polar surface area (TPSA) is 63.4 Å². The lowest BCUT2D eigenvalue weighted by atomic mass is 9.98. The largest absolute Gasteiger partial charge is 0.388 e. The van der Waals surface area contributed by atoms with Crippen LogP contribution in [-0.2, 0) is 19.3 Å². The SMILES string of the molecule is O=[N+]([O-])c1c2c(cc3c1CC[C@H]3O)CCC2. The van der Waals surface area contributed by atoms with Crippen LogP contribution in [0.5, 0.6) is 0 Å². The van der Waals surface area contributed by atoms with Crippen LogP contribution in [0.1, 0.15) is 41.2 Å². The van der Waals surface area contributed by atoms with Crippen molar-refractivity contribution in [3.8, 4) is 0 Å². The highest BCUT2D eigenvalue weighted by molar-refractivity contribution is 5.59. The fourth-order valence-electron chi connectivity index (χ4n) is 3.01. The maximum Gasteiger partial charge on any atom is 0.276 e. The van der Waals surface area contributed by atoms with Gasteiger partial charge in [0, 0.05) is 11.1 Å². The first-order valence-corrected chi connectivity index (χ1v) is 5.68. The lowest BCUT2D eigenvalue weighted by Gasteiger charge is -2.09. The molecular weight excluding hydrogens is 206 g/mol. The zero-order chi connectivity index (χ0) is 11.3. The summed E-state index contributed by atoms with van der Waals surface area (Å²) >= 11 is 0. The normalized spacial score (nSPS) is 21.9. The summed E-state index contributed by atoms with van der Waals surface area (Å²) in [6.07, 6.45) is 3.49. The van der Waals surface area contributed by atoms with Gasteiger partial charge in [-0.25, -0.2) is 0 Å². The van der Waals surface area contributed by atoms with E-state index in [-0.39, 0.29) is 4.92 Å². The lowest BCUT2D eigenvalue weighted by molar-refractivity contribution is -0.386. The van der Waals surface area contributed by atoms with E-state index in [0.717, 1.165) is 41.5 Å². The number of benzene rings is 1. The van der Waals surface area contributed by atoms with Gasteiger partial charge in [-0.15, -0.1) is 0 Å². The second-order valence-electron chi connectivity index (χ2n) is 4.60. The van der Waals surface area contributed by atoms with E-state index in [9.17, 15) is 15.2 Å². The number of aliphatic hydroxyl groups excluding tert-OH is 1. The standard InChI is InChI=1S/C12H13NO3/c14-11-5-4-9-10(11)6-7-2-1-3-8(7)12(9)13(15)16/h6,11,14H,1-5H2/t11-/m1/s1. The van der Waals surface area contributed by atoms with Gasteiger partial charge in [0.15, 0.2) is 0 Å². The minimum Gasteiger partial charge on any atom is -0.388 e. The molecule has 4 heteroatoms. The maximum absolute atomic E-state index is 11.2. The van der Waals surface area contributed by atoms with Crippen molar-refractivity contribution in [2.75, 3.05) is 0 Å². The molecule has 2 aliphatic rings. The Labute approximate surface area is 93.1 Å². The van der Waals surface area contributed by atoms with Gasteiger partial charge in [0.1, 0.15) is 0 Å². The Balaban J connectivity index is 2.29. The van der Waals surface area contributed by atoms with Gasteiger partial charge in [0.25, 0.3) is 5.69 Å². The van der Waals surface area contributed by atoms with Crippen LogP contribution >= 0.6 is 0 Å². The minimum absolute atomic E-state index is 0.263. The van der Waals surface area contributed by atoms with Crippen LogP contribution in [0.4, 0.5) is 5.69 Å². The summed E-state index contributed by atoms with van der Waals surface area (Å²) in [4.78, 5) is 10.9. The summed E-state index contributed by atoms with van der Waals surface area (Å²) in [7, 11) is 0. The Bertz CT molecular complexity index is 482. The second kappa shape index (κ2) is 3.28. The van der Waals surface area contributed by atoms with Gasteiger partial charge in [-0.3, -0.25) is 10.1 Å². The van der Waals surface area contributed by atoms with Crippen molar-refractivity contribution in [2.24, 2.45) is 0 Å². The van der Waals surface area contributed by atoms with Crippen LogP contribution in [0.15, 0.2) is 6.07 Å². The molecule has 0 aromatic heterocycles. The number of rotatable bonds is 1. The molecule has 0 spiro atoms. The predicted molar refractivity (Wildman–Crippen MR) is 58.4 cm³/mol. The van der Waals surface area contributed by atoms with Crippen molar-refractivity contribution in [1.29, 1.82) is 0 Å². The molecule has 0 radical (unpaired) electrons. The van der Waals surface area contributed by atoms with Crippen molar-refractivity contribution in [3.63, 3.8) is 0 Å². The van der Waals surface area contributed by atoms with Crippen LogP contribution < -0.4 is 0 Å². The summed E-state index contributed by atoms with van der Waals surface area (Å²) in [6.45, 7) is 0. The van der Waals surface area contributed by atoms with E-state index < -0.39 is 6.10 Å². The molecule has 2 aliphatic carbocycles. The highest BCUT2D eigenvalue weighted by Crippen LogP contribution is 2.43. The van der Waals surface area contributed by atoms with Crippen LogP contribution in [0.3, 0.4) is 0 Å². The van der Waals surface area contributed by atoms with Gasteiger partial charge in [0.05, 0.1) is 11.0 Å². The molecule has 1 atom stereocenters. The summed E-state index contributed by atoms with van der Waals surface area (Å²) in [5.41, 5.74) is 3.86. The van der Waals surface area contributed by atoms with Gasteiger partial charge in [0.2, 0.25) is 0 Å². The smallest absolute Gasteiger partial charge is 0.276 e. The summed E-state index contributed by atoms with van der Waals surface area (Å²) < 4.78 is 0. The number of hydrogen-bond acceptors (Lipinski definition) is 3. The molecule has 0 heterocycles. The molecule has 0 saturated carbocycles. The third-order valence-electron chi connectivity index (χ3n) is 3.72. The third-order valence-corrected chi connectivity index (χ3v) is 3.72. The zero-order valence-electron chi connectivity index (χ0n) is 8.90. The number of aliphatic hydroxyl groups is 1. The first kappa shape index (κ1) is 9.78. The second-order valence-corrected chi connectivity index (χ2v) is 4.60. The van der Waals surface area contributed by atoms with E-state index in [1.165, 1.54) is 0 Å². The first-order chi connectivity index (χ1) is 7.68. The van der Waals surface area contributed by atoms with E-state index in [1.54, 1.807) is 0 Å². The van der Waals surface area contributed by atoms with Gasteiger partial charge < -0.3 is 5.11 Å². The van der Waals surface area contributed by atoms with E-state index in [0.29, 0.717) is 18.5 Å². The maximum atomic E-state index is 11.2. The number of aryl methyl sites for hydroxylation is 1. The lowest BCUT2D eigenvalue weighted by Crippen LogP contribution is -2.01. The van der Waals surface area contributed by atoms with Gasteiger partial charge in [-0.05, 0) is 43.2 Å². The van der Waals surface area contributed by atoms with Crippen LogP contribution in [0.2, 0.25) is 0 Å². The number of fused-ring (bicyclic) bond motifs is 2. The average molecular weight is 219 g/mol. The molecule has 1 aromatic rings. The molecule has 3 rings (SSSR count). The quantitative estimate of drug-likeness (QED) is 0.580. The highest BCUT2D eigenvalue weighted by Gasteiger charge is 2.33. The van der Waals surface area contributed by atoms with Crippen molar-refractivity contribution >= 4 is 5.69 Å². The van der Waals surface area contributed by atoms with Crippen LogP contribution in [0, 0.1) is 10.1 Å². The van der Waals surface area contributed by atoms with Crippen molar-refractivity contribution < 1.29 is 10.0 Å². The van der Waals surface area contributed by atoms with E-state index in [2.05, 4.69) is 0 Å². The van der Waals surface area contributed by atoms with Crippen molar-refractivity contribution in [2.45, 2.75) is 38.2 Å². The molecule has 0 saturated heterocycles. The molecule has 4 nitrogen and oxygen atoms in total. The zero-order valence-corrected chi connectivity index (χ0v) is 8.90. The number of nitro groups is 1. The van der Waals surface area contributed by atoms with E-state index >= 15 is 0 Å². The Kier molecular flexibility index (Phi) is 2.01. The van der Waals surface area contributed by atoms with Gasteiger partial charge in [-0.2, -0.15) is 0 Å². The Morgan fingerprint density at radius 3 is 2.88 bits per heavy atom. The monoisotopic (exact) mass is 219 g/mol. The molecule has 84 valence electrons. The molecule has 0 unspecified atom stereocenters. The fraction of sp³-hybridized carbons (Fsp3) is 0.500. The van der Waals surface area contributed by atoms with Gasteiger partial charge >= 0.3 is 0 Å². The predicted octanol–water partition coefficient (Wildman–Crippen LogP) is 2.06. The third kappa shape index (κ3) is 1.19. The molecule has 0 aliphatic heterocycles. The van der Waals surface area contributed by atoms with Crippen molar-refractivity contribution in [3.05, 3.63) is 38.4 Å². The molecule has 1 aromatic carbocycles. The molecule has 0 fully saturated rings. The summed E-state index contributed by atoms with van der Waals surface area (Å²) in [6, 6.07) is 1.99. The Hall–Kier alpha value is -1.42. The molecule has 1 N–H and O–H groups in total. The Morgan fingerprint density at radius 1 is 1.31 bits per heavy atom. The molecule has 16 heavy (non-hydrogen) atoms. The van der Waals surface area contributed by atoms with E-state index in [1.807, 2.05) is 6.07 Å². The average Bonchev–Trinajstić information content (AvgIpc) is 2.82. The van der Waals surface area contributed by atoms with E-state index in [4.69, 9.17) is 0 Å². The fourth-order valence-corrected chi connectivity index (χ4v) is 3.01. The number of nitro benzene ring substituents is 1. The molecular formula is C12H13NO3. The first-order valence-electron chi connectivity index (χ1n) is 5.68. The number of hydrogen-bond donors (Lipinski definition) is 1. The molecule has 0 amide bonds. The summed E-state index contributed by atoms with van der Waals surface area (Å²) in [5.74, 6) is 0.